The standard InChI is InChI=1S/C16H15BrN2O3/c1-11-6-8-12(9-7-11)22-10-15(20)18-19-16(21)13-4-2-3-5-14(13)17/h2-9H,10H2,1H3,(H,18,20)(H,19,21). The molecule has 0 atom stereocenters. The molecule has 0 fully saturated rings. The first kappa shape index (κ1) is 16.0. The number of hydrogen-bond acceptors (Lipinski definition) is 3. The summed E-state index contributed by atoms with van der Waals surface area (Å²) in [5, 5.41) is 0. The van der Waals surface area contributed by atoms with Crippen LogP contribution in [0.25, 0.3) is 0 Å². The lowest BCUT2D eigenvalue weighted by Crippen LogP contribution is -2.43. The lowest BCUT2D eigenvalue weighted by molar-refractivity contribution is -0.123. The Bertz CT molecular complexity index is 671. The van der Waals surface area contributed by atoms with E-state index in [1.54, 1.807) is 36.4 Å². The van der Waals surface area contributed by atoms with Gasteiger partial charge in [0.15, 0.2) is 6.61 Å². The third-order valence-electron chi connectivity index (χ3n) is 2.82. The topological polar surface area (TPSA) is 67.4 Å². The van der Waals surface area contributed by atoms with Crippen LogP contribution in [0.2, 0.25) is 0 Å². The number of hydrazine groups is 1. The van der Waals surface area contributed by atoms with Gasteiger partial charge in [-0.1, -0.05) is 29.8 Å². The molecule has 0 heterocycles. The first-order valence-corrected chi connectivity index (χ1v) is 7.39. The Morgan fingerprint density at radius 3 is 2.41 bits per heavy atom. The van der Waals surface area contributed by atoms with Gasteiger partial charge in [0.05, 0.1) is 5.56 Å². The molecule has 2 aromatic rings. The summed E-state index contributed by atoms with van der Waals surface area (Å²) < 4.78 is 5.96. The first-order valence-electron chi connectivity index (χ1n) is 6.59. The van der Waals surface area contributed by atoms with Crippen LogP contribution in [-0.4, -0.2) is 18.4 Å². The molecule has 0 aliphatic heterocycles. The minimum absolute atomic E-state index is 0.181. The van der Waals surface area contributed by atoms with Crippen molar-refractivity contribution in [2.24, 2.45) is 0 Å². The van der Waals surface area contributed by atoms with Crippen LogP contribution in [0.15, 0.2) is 53.0 Å². The van der Waals surface area contributed by atoms with Gasteiger partial charge in [-0.25, -0.2) is 0 Å². The molecule has 114 valence electrons. The molecular weight excluding hydrogens is 348 g/mol. The Hall–Kier alpha value is -2.34. The summed E-state index contributed by atoms with van der Waals surface area (Å²) in [5.74, 6) is -0.255. The van der Waals surface area contributed by atoms with Gasteiger partial charge in [0.2, 0.25) is 0 Å². The number of nitrogens with one attached hydrogen (secondary N) is 2. The van der Waals surface area contributed by atoms with Gasteiger partial charge >= 0.3 is 0 Å². The molecule has 0 unspecified atom stereocenters. The van der Waals surface area contributed by atoms with Gasteiger partial charge < -0.3 is 4.74 Å². The molecule has 5 nitrogen and oxygen atoms in total. The van der Waals surface area contributed by atoms with Crippen molar-refractivity contribution in [3.63, 3.8) is 0 Å². The van der Waals surface area contributed by atoms with E-state index in [2.05, 4.69) is 26.8 Å². The highest BCUT2D eigenvalue weighted by molar-refractivity contribution is 9.10. The van der Waals surface area contributed by atoms with E-state index in [9.17, 15) is 9.59 Å². The number of hydrogen-bond donors (Lipinski definition) is 2. The zero-order valence-electron chi connectivity index (χ0n) is 11.9. The number of carbonyl (C=O) groups excluding carboxylic acids is 2. The van der Waals surface area contributed by atoms with E-state index in [4.69, 9.17) is 4.74 Å². The van der Waals surface area contributed by atoms with Crippen molar-refractivity contribution in [3.8, 4) is 5.75 Å². The summed E-state index contributed by atoms with van der Waals surface area (Å²) in [7, 11) is 0. The lowest BCUT2D eigenvalue weighted by Gasteiger charge is -2.09. The summed E-state index contributed by atoms with van der Waals surface area (Å²) in [6, 6.07) is 14.3. The Morgan fingerprint density at radius 2 is 1.73 bits per heavy atom. The molecule has 2 rings (SSSR count). The highest BCUT2D eigenvalue weighted by atomic mass is 79.9. The third-order valence-corrected chi connectivity index (χ3v) is 3.52. The van der Waals surface area contributed by atoms with Gasteiger partial charge in [0.1, 0.15) is 5.75 Å². The molecule has 0 saturated carbocycles. The third kappa shape index (κ3) is 4.60. The van der Waals surface area contributed by atoms with Crippen molar-refractivity contribution in [2.45, 2.75) is 6.92 Å². The Kier molecular flexibility index (Phi) is 5.55. The molecule has 0 radical (unpaired) electrons. The van der Waals surface area contributed by atoms with Crippen molar-refractivity contribution < 1.29 is 14.3 Å². The number of ether oxygens (including phenoxy) is 1. The highest BCUT2D eigenvalue weighted by Gasteiger charge is 2.10. The maximum absolute atomic E-state index is 11.9. The van der Waals surface area contributed by atoms with E-state index in [0.717, 1.165) is 5.56 Å². The van der Waals surface area contributed by atoms with Crippen LogP contribution in [0.4, 0.5) is 0 Å². The van der Waals surface area contributed by atoms with Crippen molar-refractivity contribution in [2.75, 3.05) is 6.61 Å². The second-order valence-corrected chi connectivity index (χ2v) is 5.44. The molecule has 2 amide bonds. The molecule has 0 aromatic heterocycles. The maximum Gasteiger partial charge on any atom is 0.276 e. The van der Waals surface area contributed by atoms with Crippen molar-refractivity contribution in [1.82, 2.24) is 10.9 Å². The minimum Gasteiger partial charge on any atom is -0.484 e. The highest BCUT2D eigenvalue weighted by Crippen LogP contribution is 2.15. The fourth-order valence-electron chi connectivity index (χ4n) is 1.66. The van der Waals surface area contributed by atoms with Crippen molar-refractivity contribution in [1.29, 1.82) is 0 Å². The van der Waals surface area contributed by atoms with Crippen LogP contribution in [0.3, 0.4) is 0 Å². The predicted molar refractivity (Wildman–Crippen MR) is 86.4 cm³/mol. The molecule has 2 N–H and O–H groups in total. The Labute approximate surface area is 136 Å². The number of carbonyl (C=O) groups is 2. The lowest BCUT2D eigenvalue weighted by atomic mass is 10.2. The van der Waals surface area contributed by atoms with Crippen molar-refractivity contribution >= 4 is 27.7 Å². The van der Waals surface area contributed by atoms with E-state index in [1.165, 1.54) is 0 Å². The van der Waals surface area contributed by atoms with Crippen LogP contribution < -0.4 is 15.6 Å². The fraction of sp³-hybridized carbons (Fsp3) is 0.125. The molecule has 2 aromatic carbocycles. The van der Waals surface area contributed by atoms with E-state index < -0.39 is 11.8 Å². The summed E-state index contributed by atoms with van der Waals surface area (Å²) >= 11 is 3.27. The largest absolute Gasteiger partial charge is 0.484 e. The number of rotatable bonds is 4. The van der Waals surface area contributed by atoms with Gasteiger partial charge in [-0.05, 0) is 47.1 Å². The zero-order chi connectivity index (χ0) is 15.9. The minimum atomic E-state index is -0.444. The summed E-state index contributed by atoms with van der Waals surface area (Å²) in [4.78, 5) is 23.5. The molecule has 0 aliphatic rings. The van der Waals surface area contributed by atoms with E-state index >= 15 is 0 Å². The van der Waals surface area contributed by atoms with E-state index in [-0.39, 0.29) is 6.61 Å². The molecule has 6 heteroatoms. The second-order valence-electron chi connectivity index (χ2n) is 4.58. The van der Waals surface area contributed by atoms with Crippen LogP contribution in [0.1, 0.15) is 15.9 Å². The Balaban J connectivity index is 1.79. The van der Waals surface area contributed by atoms with Crippen LogP contribution in [0, 0.1) is 6.92 Å². The second kappa shape index (κ2) is 7.61. The number of benzene rings is 2. The fourth-order valence-corrected chi connectivity index (χ4v) is 2.12. The van der Waals surface area contributed by atoms with Gasteiger partial charge in [-0.2, -0.15) is 0 Å². The maximum atomic E-state index is 11.9. The monoisotopic (exact) mass is 362 g/mol. The molecule has 0 bridgehead atoms. The quantitative estimate of drug-likeness (QED) is 0.821. The van der Waals surface area contributed by atoms with Gasteiger partial charge in [-0.15, -0.1) is 0 Å². The van der Waals surface area contributed by atoms with Gasteiger partial charge in [0.25, 0.3) is 11.8 Å². The van der Waals surface area contributed by atoms with Gasteiger partial charge in [0, 0.05) is 4.47 Å². The predicted octanol–water partition coefficient (Wildman–Crippen LogP) is 2.60. The number of halogens is 1. The first-order chi connectivity index (χ1) is 10.6. The normalized spacial score (nSPS) is 9.91. The van der Waals surface area contributed by atoms with Crippen LogP contribution in [-0.2, 0) is 4.79 Å². The summed E-state index contributed by atoms with van der Waals surface area (Å²) in [6.07, 6.45) is 0. The SMILES string of the molecule is Cc1ccc(OCC(=O)NNC(=O)c2ccccc2Br)cc1. The van der Waals surface area contributed by atoms with Crippen molar-refractivity contribution in [3.05, 3.63) is 64.1 Å². The van der Waals surface area contributed by atoms with E-state index in [0.29, 0.717) is 15.8 Å². The smallest absolute Gasteiger partial charge is 0.276 e. The number of aryl methyl sites for hydroxylation is 1. The zero-order valence-corrected chi connectivity index (χ0v) is 13.5. The molecule has 0 spiro atoms. The average Bonchev–Trinajstić information content (AvgIpc) is 2.52. The number of amides is 2. The molecular formula is C16H15BrN2O3. The van der Waals surface area contributed by atoms with E-state index in [1.807, 2.05) is 19.1 Å². The molecule has 0 aliphatic carbocycles. The summed E-state index contributed by atoms with van der Waals surface area (Å²) in [5.41, 5.74) is 6.18. The summed E-state index contributed by atoms with van der Waals surface area (Å²) in [6.45, 7) is 1.78. The average molecular weight is 363 g/mol. The molecule has 0 saturated heterocycles. The van der Waals surface area contributed by atoms with Crippen LogP contribution in [0.5, 0.6) is 5.75 Å². The Morgan fingerprint density at radius 1 is 1.05 bits per heavy atom. The van der Waals surface area contributed by atoms with Crippen LogP contribution >= 0.6 is 15.9 Å². The van der Waals surface area contributed by atoms with Gasteiger partial charge in [-0.3, -0.25) is 20.4 Å². The molecule has 22 heavy (non-hydrogen) atoms.